The van der Waals surface area contributed by atoms with Gasteiger partial charge < -0.3 is 4.90 Å². The third kappa shape index (κ3) is 3.75. The lowest BCUT2D eigenvalue weighted by molar-refractivity contribution is 0.0671. The Balaban J connectivity index is 2.10. The number of amides is 1. The summed E-state index contributed by atoms with van der Waals surface area (Å²) < 4.78 is 26.3. The Morgan fingerprint density at radius 3 is 2.63 bits per heavy atom. The summed E-state index contributed by atoms with van der Waals surface area (Å²) in [7, 11) is 0. The highest BCUT2D eigenvalue weighted by Crippen LogP contribution is 2.22. The quantitative estimate of drug-likeness (QED) is 0.775. The number of hydrogen-bond acceptors (Lipinski definition) is 1. The third-order valence-electron chi connectivity index (χ3n) is 3.43. The fourth-order valence-corrected chi connectivity index (χ4v) is 3.15. The van der Waals surface area contributed by atoms with Gasteiger partial charge >= 0.3 is 0 Å². The average molecular weight is 332 g/mol. The van der Waals surface area contributed by atoms with E-state index in [-0.39, 0.29) is 11.5 Å². The van der Waals surface area contributed by atoms with Gasteiger partial charge in [0.1, 0.15) is 11.6 Å². The highest BCUT2D eigenvalue weighted by molar-refractivity contribution is 9.09. The molecule has 0 bridgehead atoms. The van der Waals surface area contributed by atoms with Gasteiger partial charge in [0.2, 0.25) is 0 Å². The minimum Gasteiger partial charge on any atom is -0.338 e. The molecule has 104 valence electrons. The van der Waals surface area contributed by atoms with Crippen LogP contribution in [-0.2, 0) is 0 Å². The van der Waals surface area contributed by atoms with E-state index in [4.69, 9.17) is 0 Å². The number of benzene rings is 1. The van der Waals surface area contributed by atoms with Gasteiger partial charge in [0, 0.05) is 30.0 Å². The van der Waals surface area contributed by atoms with Crippen molar-refractivity contribution in [2.45, 2.75) is 19.3 Å². The average Bonchev–Trinajstić information content (AvgIpc) is 2.37. The van der Waals surface area contributed by atoms with Crippen LogP contribution in [0.2, 0.25) is 0 Å². The normalized spacial score (nSPS) is 19.5. The smallest absolute Gasteiger partial charge is 0.254 e. The Bertz CT molecular complexity index is 445. The fourth-order valence-electron chi connectivity index (χ4n) is 2.50. The molecule has 1 unspecified atom stereocenters. The second-order valence-corrected chi connectivity index (χ2v) is 5.69. The van der Waals surface area contributed by atoms with Gasteiger partial charge in [-0.2, -0.15) is 0 Å². The summed E-state index contributed by atoms with van der Waals surface area (Å²) >= 11 is 3.40. The molecule has 0 aliphatic carbocycles. The van der Waals surface area contributed by atoms with Crippen LogP contribution >= 0.6 is 15.9 Å². The number of piperidine rings is 1. The van der Waals surface area contributed by atoms with Crippen LogP contribution in [-0.4, -0.2) is 29.2 Å². The van der Waals surface area contributed by atoms with Gasteiger partial charge in [-0.15, -0.1) is 0 Å². The monoisotopic (exact) mass is 331 g/mol. The Kier molecular flexibility index (Phi) is 4.91. The lowest BCUT2D eigenvalue weighted by Crippen LogP contribution is -2.40. The topological polar surface area (TPSA) is 20.3 Å². The Morgan fingerprint density at radius 1 is 1.32 bits per heavy atom. The van der Waals surface area contributed by atoms with E-state index in [9.17, 15) is 13.6 Å². The zero-order valence-electron chi connectivity index (χ0n) is 10.5. The van der Waals surface area contributed by atoms with Crippen molar-refractivity contribution < 1.29 is 13.6 Å². The number of hydrogen-bond donors (Lipinski definition) is 0. The highest BCUT2D eigenvalue weighted by Gasteiger charge is 2.24. The van der Waals surface area contributed by atoms with E-state index < -0.39 is 11.6 Å². The molecule has 1 atom stereocenters. The summed E-state index contributed by atoms with van der Waals surface area (Å²) in [6.07, 6.45) is 3.06. The molecule has 5 heteroatoms. The molecular weight excluding hydrogens is 316 g/mol. The van der Waals surface area contributed by atoms with Crippen LogP contribution in [0.4, 0.5) is 8.78 Å². The van der Waals surface area contributed by atoms with E-state index in [0.717, 1.165) is 42.8 Å². The van der Waals surface area contributed by atoms with Gasteiger partial charge in [0.15, 0.2) is 0 Å². The van der Waals surface area contributed by atoms with Crippen molar-refractivity contribution in [3.8, 4) is 0 Å². The summed E-state index contributed by atoms with van der Waals surface area (Å²) in [5, 5.41) is 0.911. The maximum absolute atomic E-state index is 13.1. The molecule has 1 heterocycles. The van der Waals surface area contributed by atoms with E-state index >= 15 is 0 Å². The Hall–Kier alpha value is -0.970. The van der Waals surface area contributed by atoms with Crippen molar-refractivity contribution in [1.82, 2.24) is 4.90 Å². The van der Waals surface area contributed by atoms with E-state index in [1.807, 2.05) is 0 Å². The second kappa shape index (κ2) is 6.46. The molecule has 1 saturated heterocycles. The molecule has 1 aromatic rings. The summed E-state index contributed by atoms with van der Waals surface area (Å²) in [6.45, 7) is 1.33. The van der Waals surface area contributed by atoms with Crippen LogP contribution in [0.25, 0.3) is 0 Å². The van der Waals surface area contributed by atoms with Gasteiger partial charge in [0.25, 0.3) is 5.91 Å². The second-order valence-electron chi connectivity index (χ2n) is 4.90. The molecule has 0 aromatic heterocycles. The molecule has 2 rings (SSSR count). The van der Waals surface area contributed by atoms with Crippen LogP contribution in [0.1, 0.15) is 29.6 Å². The number of halogens is 3. The van der Waals surface area contributed by atoms with E-state index in [1.165, 1.54) is 0 Å². The minimum atomic E-state index is -0.711. The third-order valence-corrected chi connectivity index (χ3v) is 3.89. The van der Waals surface area contributed by atoms with Gasteiger partial charge in [-0.3, -0.25) is 4.79 Å². The Labute approximate surface area is 119 Å². The molecule has 1 fully saturated rings. The summed E-state index contributed by atoms with van der Waals surface area (Å²) in [6, 6.07) is 2.97. The summed E-state index contributed by atoms with van der Waals surface area (Å²) in [4.78, 5) is 13.9. The molecule has 2 nitrogen and oxygen atoms in total. The predicted molar refractivity (Wildman–Crippen MR) is 73.4 cm³/mol. The Morgan fingerprint density at radius 2 is 2.00 bits per heavy atom. The molecule has 19 heavy (non-hydrogen) atoms. The van der Waals surface area contributed by atoms with Crippen molar-refractivity contribution in [2.24, 2.45) is 5.92 Å². The highest BCUT2D eigenvalue weighted by atomic mass is 79.9. The van der Waals surface area contributed by atoms with Crippen LogP contribution in [0.5, 0.6) is 0 Å². The molecule has 0 N–H and O–H groups in total. The number of alkyl halides is 1. The predicted octanol–water partition coefficient (Wildman–Crippen LogP) is 3.60. The molecule has 0 saturated carbocycles. The zero-order chi connectivity index (χ0) is 13.8. The lowest BCUT2D eigenvalue weighted by Gasteiger charge is -2.32. The van der Waals surface area contributed by atoms with Gasteiger partial charge in [-0.25, -0.2) is 8.78 Å². The van der Waals surface area contributed by atoms with Crippen molar-refractivity contribution in [3.63, 3.8) is 0 Å². The van der Waals surface area contributed by atoms with Crippen LogP contribution < -0.4 is 0 Å². The fraction of sp³-hybridized carbons (Fsp3) is 0.500. The lowest BCUT2D eigenvalue weighted by atomic mass is 9.95. The van der Waals surface area contributed by atoms with Crippen LogP contribution in [0.3, 0.4) is 0 Å². The van der Waals surface area contributed by atoms with Crippen molar-refractivity contribution in [3.05, 3.63) is 35.4 Å². The first-order valence-corrected chi connectivity index (χ1v) is 7.53. The van der Waals surface area contributed by atoms with Crippen molar-refractivity contribution in [2.75, 3.05) is 18.4 Å². The molecular formula is C14H16BrF2NO. The first kappa shape index (κ1) is 14.4. The molecule has 0 spiro atoms. The van der Waals surface area contributed by atoms with Crippen LogP contribution in [0, 0.1) is 17.6 Å². The molecule has 0 radical (unpaired) electrons. The number of carbonyl (C=O) groups is 1. The molecule has 1 aromatic carbocycles. The maximum Gasteiger partial charge on any atom is 0.254 e. The van der Waals surface area contributed by atoms with E-state index in [1.54, 1.807) is 4.90 Å². The molecule has 1 aliphatic rings. The first-order valence-electron chi connectivity index (χ1n) is 6.41. The molecule has 1 aliphatic heterocycles. The number of nitrogens with zero attached hydrogens (tertiary/aromatic N) is 1. The van der Waals surface area contributed by atoms with E-state index in [2.05, 4.69) is 15.9 Å². The van der Waals surface area contributed by atoms with Crippen molar-refractivity contribution in [1.29, 1.82) is 0 Å². The molecule has 1 amide bonds. The first-order chi connectivity index (χ1) is 9.10. The number of likely N-dealkylation sites (tertiary alicyclic amines) is 1. The van der Waals surface area contributed by atoms with Crippen LogP contribution in [0.15, 0.2) is 18.2 Å². The largest absolute Gasteiger partial charge is 0.338 e. The number of carbonyl (C=O) groups excluding carboxylic acids is 1. The summed E-state index contributed by atoms with van der Waals surface area (Å²) in [5.74, 6) is -1.23. The number of rotatable bonds is 3. The minimum absolute atomic E-state index is 0.0944. The van der Waals surface area contributed by atoms with Gasteiger partial charge in [0.05, 0.1) is 0 Å². The maximum atomic E-state index is 13.1. The standard InChI is InChI=1S/C14H16BrF2NO/c15-4-3-10-2-1-5-18(9-10)14(19)11-6-12(16)8-13(17)7-11/h6-8,10H,1-5,9H2. The summed E-state index contributed by atoms with van der Waals surface area (Å²) in [5.41, 5.74) is 0.0944. The SMILES string of the molecule is O=C(c1cc(F)cc(F)c1)N1CCCC(CCBr)C1. The zero-order valence-corrected chi connectivity index (χ0v) is 12.1. The van der Waals surface area contributed by atoms with Gasteiger partial charge in [-0.1, -0.05) is 15.9 Å². The van der Waals surface area contributed by atoms with E-state index in [0.29, 0.717) is 19.0 Å². The van der Waals surface area contributed by atoms with Crippen molar-refractivity contribution >= 4 is 21.8 Å². The van der Waals surface area contributed by atoms with Gasteiger partial charge in [-0.05, 0) is 37.3 Å².